The zero-order valence-corrected chi connectivity index (χ0v) is 24.1. The third-order valence-electron chi connectivity index (χ3n) is 6.87. The zero-order valence-electron chi connectivity index (χ0n) is 23.2. The Bertz CT molecular complexity index is 1560. The van der Waals surface area contributed by atoms with Crippen molar-refractivity contribution in [1.82, 2.24) is 19.8 Å². The molecular weight excluding hydrogens is 559 g/mol. The fraction of sp³-hybridized carbons (Fsp3) is 0.233. The Balaban J connectivity index is 1.76. The largest absolute Gasteiger partial charge is 0.365 e. The Hall–Kier alpha value is -4.12. The van der Waals surface area contributed by atoms with E-state index in [0.717, 1.165) is 26.2 Å². The highest BCUT2D eigenvalue weighted by molar-refractivity contribution is 7.51. The van der Waals surface area contributed by atoms with Crippen molar-refractivity contribution in [1.29, 1.82) is 0 Å². The molecule has 11 nitrogen and oxygen atoms in total. The van der Waals surface area contributed by atoms with Crippen LogP contribution in [0.25, 0.3) is 0 Å². The van der Waals surface area contributed by atoms with Crippen LogP contribution in [0.4, 0.5) is 0 Å². The normalized spacial score (nSPS) is 12.6. The standard InChI is InChI=1S/C30H33N4O7P/c1-22-18-33(29(37)31-28(22)36)20-27(35)34(21-42(38,39)40)19-26(41-2)32-30(23-12-6-3-7-13-23,24-14-8-4-9-15-24)25-16-10-5-11-17-25/h3-18,26,32H,19-21H2,1-2H3,(H,31,36,37)(H2,38,39,40). The number of carbonyl (C=O) groups is 1. The lowest BCUT2D eigenvalue weighted by molar-refractivity contribution is -0.133. The molecule has 0 spiro atoms. The van der Waals surface area contributed by atoms with Gasteiger partial charge in [0, 0.05) is 18.9 Å². The smallest absolute Gasteiger partial charge is 0.344 e. The van der Waals surface area contributed by atoms with Gasteiger partial charge in [0.05, 0.1) is 12.1 Å². The van der Waals surface area contributed by atoms with E-state index in [4.69, 9.17) is 4.74 Å². The van der Waals surface area contributed by atoms with E-state index in [1.165, 1.54) is 20.2 Å². The van der Waals surface area contributed by atoms with E-state index in [0.29, 0.717) is 0 Å². The number of nitrogens with zero attached hydrogens (tertiary/aromatic N) is 2. The highest BCUT2D eigenvalue weighted by Crippen LogP contribution is 2.38. The molecule has 1 heterocycles. The minimum absolute atomic E-state index is 0.207. The quantitative estimate of drug-likeness (QED) is 0.111. The first-order valence-corrected chi connectivity index (χ1v) is 14.9. The molecule has 0 radical (unpaired) electrons. The summed E-state index contributed by atoms with van der Waals surface area (Å²) in [5.74, 6) is -0.750. The van der Waals surface area contributed by atoms with Crippen LogP contribution in [0.5, 0.6) is 0 Å². The van der Waals surface area contributed by atoms with Gasteiger partial charge in [0.1, 0.15) is 19.1 Å². The first-order valence-electron chi connectivity index (χ1n) is 13.1. The third-order valence-corrected chi connectivity index (χ3v) is 7.58. The Morgan fingerprint density at radius 2 is 1.43 bits per heavy atom. The molecule has 0 saturated heterocycles. The second-order valence-electron chi connectivity index (χ2n) is 9.84. The molecule has 1 unspecified atom stereocenters. The van der Waals surface area contributed by atoms with Crippen LogP contribution in [0.2, 0.25) is 0 Å². The Labute approximate surface area is 242 Å². The van der Waals surface area contributed by atoms with Crippen LogP contribution in [-0.4, -0.2) is 56.3 Å². The fourth-order valence-electron chi connectivity index (χ4n) is 4.88. The van der Waals surface area contributed by atoms with Crippen LogP contribution in [0.15, 0.2) is 107 Å². The van der Waals surface area contributed by atoms with E-state index >= 15 is 0 Å². The van der Waals surface area contributed by atoms with Crippen molar-refractivity contribution >= 4 is 13.5 Å². The number of methoxy groups -OCH3 is 1. The van der Waals surface area contributed by atoms with Crippen LogP contribution >= 0.6 is 7.60 Å². The number of carbonyl (C=O) groups excluding carboxylic acids is 1. The van der Waals surface area contributed by atoms with E-state index in [9.17, 15) is 28.7 Å². The molecule has 12 heteroatoms. The zero-order chi connectivity index (χ0) is 30.3. The maximum Gasteiger partial charge on any atom is 0.344 e. The number of benzene rings is 3. The molecule has 1 atom stereocenters. The van der Waals surface area contributed by atoms with Crippen molar-refractivity contribution in [3.8, 4) is 0 Å². The van der Waals surface area contributed by atoms with Gasteiger partial charge >= 0.3 is 13.3 Å². The van der Waals surface area contributed by atoms with Gasteiger partial charge in [-0.2, -0.15) is 0 Å². The molecule has 1 aromatic heterocycles. The van der Waals surface area contributed by atoms with Gasteiger partial charge in [0.2, 0.25) is 5.91 Å². The van der Waals surface area contributed by atoms with E-state index in [1.54, 1.807) is 0 Å². The minimum atomic E-state index is -4.73. The van der Waals surface area contributed by atoms with E-state index < -0.39 is 49.3 Å². The molecule has 1 amide bonds. The van der Waals surface area contributed by atoms with Gasteiger partial charge in [-0.3, -0.25) is 29.0 Å². The summed E-state index contributed by atoms with van der Waals surface area (Å²) in [7, 11) is -3.30. The molecule has 0 saturated carbocycles. The second kappa shape index (κ2) is 13.2. The molecule has 0 aliphatic rings. The first kappa shape index (κ1) is 30.8. The van der Waals surface area contributed by atoms with E-state index in [1.807, 2.05) is 91.0 Å². The molecule has 4 N–H and O–H groups in total. The first-order chi connectivity index (χ1) is 20.0. The monoisotopic (exact) mass is 592 g/mol. The number of nitrogens with one attached hydrogen (secondary N) is 2. The van der Waals surface area contributed by atoms with Crippen molar-refractivity contribution in [2.45, 2.75) is 25.2 Å². The predicted octanol–water partition coefficient (Wildman–Crippen LogP) is 2.36. The maximum atomic E-state index is 13.4. The van der Waals surface area contributed by atoms with Crippen LogP contribution < -0.4 is 16.6 Å². The molecule has 4 aromatic rings. The lowest BCUT2D eigenvalue weighted by Crippen LogP contribution is -2.55. The lowest BCUT2D eigenvalue weighted by atomic mass is 9.77. The number of H-pyrrole nitrogens is 1. The number of aryl methyl sites for hydroxylation is 1. The van der Waals surface area contributed by atoms with Crippen molar-refractivity contribution in [3.05, 3.63) is 140 Å². The number of ether oxygens (including phenoxy) is 1. The Kier molecular flexibility index (Phi) is 9.72. The maximum absolute atomic E-state index is 13.4. The molecule has 0 fully saturated rings. The van der Waals surface area contributed by atoms with Crippen LogP contribution in [0.3, 0.4) is 0 Å². The summed E-state index contributed by atoms with van der Waals surface area (Å²) in [5, 5.41) is 3.54. The van der Waals surface area contributed by atoms with Gasteiger partial charge in [-0.15, -0.1) is 0 Å². The summed E-state index contributed by atoms with van der Waals surface area (Å²) in [5.41, 5.74) is 0.423. The average molecular weight is 593 g/mol. The van der Waals surface area contributed by atoms with Gasteiger partial charge < -0.3 is 19.4 Å². The number of rotatable bonds is 12. The molecule has 42 heavy (non-hydrogen) atoms. The summed E-state index contributed by atoms with van der Waals surface area (Å²) in [6.07, 6.45) is -0.610. The summed E-state index contributed by atoms with van der Waals surface area (Å²) < 4.78 is 18.9. The SMILES string of the molecule is COC(CN(CP(=O)(O)O)C(=O)Cn1cc(C)c(=O)[nH]c1=O)NC(c1ccccc1)(c1ccccc1)c1ccccc1. The van der Waals surface area contributed by atoms with Crippen molar-refractivity contribution < 1.29 is 23.9 Å². The summed E-state index contributed by atoms with van der Waals surface area (Å²) in [6.45, 7) is 0.660. The second-order valence-corrected chi connectivity index (χ2v) is 11.5. The molecule has 0 bridgehead atoms. The van der Waals surface area contributed by atoms with Crippen molar-refractivity contribution in [2.24, 2.45) is 0 Å². The highest BCUT2D eigenvalue weighted by Gasteiger charge is 2.39. The number of amides is 1. The fourth-order valence-corrected chi connectivity index (χ4v) is 5.60. The van der Waals surface area contributed by atoms with Gasteiger partial charge in [-0.25, -0.2) is 4.79 Å². The highest BCUT2D eigenvalue weighted by atomic mass is 31.2. The molecular formula is C30H33N4O7P. The number of aromatic amines is 1. The van der Waals surface area contributed by atoms with Gasteiger partial charge in [0.25, 0.3) is 5.56 Å². The molecule has 0 aliphatic carbocycles. The van der Waals surface area contributed by atoms with Gasteiger partial charge in [0.15, 0.2) is 0 Å². The minimum Gasteiger partial charge on any atom is -0.365 e. The summed E-state index contributed by atoms with van der Waals surface area (Å²) >= 11 is 0. The number of aromatic nitrogens is 2. The third kappa shape index (κ3) is 7.20. The molecule has 3 aromatic carbocycles. The van der Waals surface area contributed by atoms with Gasteiger partial charge in [-0.1, -0.05) is 91.0 Å². The van der Waals surface area contributed by atoms with E-state index in [-0.39, 0.29) is 12.1 Å². The van der Waals surface area contributed by atoms with Crippen LogP contribution in [-0.2, 0) is 26.2 Å². The van der Waals surface area contributed by atoms with Crippen LogP contribution in [0.1, 0.15) is 22.3 Å². The number of hydrogen-bond donors (Lipinski definition) is 4. The molecule has 4 rings (SSSR count). The Morgan fingerprint density at radius 1 is 0.952 bits per heavy atom. The Morgan fingerprint density at radius 3 is 1.86 bits per heavy atom. The molecule has 0 aliphatic heterocycles. The van der Waals surface area contributed by atoms with Crippen molar-refractivity contribution in [3.63, 3.8) is 0 Å². The van der Waals surface area contributed by atoms with Crippen LogP contribution in [0, 0.1) is 6.92 Å². The summed E-state index contributed by atoms with van der Waals surface area (Å²) in [4.78, 5) is 60.3. The predicted molar refractivity (Wildman–Crippen MR) is 158 cm³/mol. The lowest BCUT2D eigenvalue weighted by Gasteiger charge is -2.41. The van der Waals surface area contributed by atoms with Crippen molar-refractivity contribution in [2.75, 3.05) is 19.9 Å². The molecule has 220 valence electrons. The average Bonchev–Trinajstić information content (AvgIpc) is 2.98. The van der Waals surface area contributed by atoms with E-state index in [2.05, 4.69) is 10.3 Å². The summed E-state index contributed by atoms with van der Waals surface area (Å²) in [6, 6.07) is 28.9. The number of hydrogen-bond acceptors (Lipinski definition) is 6. The topological polar surface area (TPSA) is 154 Å². The van der Waals surface area contributed by atoms with Gasteiger partial charge in [-0.05, 0) is 23.6 Å².